The third-order valence-corrected chi connectivity index (χ3v) is 8.97. The van der Waals surface area contributed by atoms with Crippen LogP contribution in [-0.4, -0.2) is 80.8 Å². The lowest BCUT2D eigenvalue weighted by Crippen LogP contribution is -2.62. The summed E-state index contributed by atoms with van der Waals surface area (Å²) in [6.07, 6.45) is 2.09. The SMILES string of the molecule is CN(c1ccc2c(c1)nc(C(C)(C)C)n2CC1CCOCC1)S(=O)(=O)N1CC(NCOCOC(C)(C)C)C1. The van der Waals surface area contributed by atoms with Crippen LogP contribution in [0, 0.1) is 5.92 Å². The van der Waals surface area contributed by atoms with E-state index in [9.17, 15) is 8.42 Å². The van der Waals surface area contributed by atoms with Gasteiger partial charge in [-0.25, -0.2) is 4.98 Å². The largest absolute Gasteiger partial charge is 0.381 e. The fourth-order valence-corrected chi connectivity index (χ4v) is 6.22. The molecule has 1 aromatic carbocycles. The minimum Gasteiger partial charge on any atom is -0.381 e. The van der Waals surface area contributed by atoms with Gasteiger partial charge < -0.3 is 18.8 Å². The van der Waals surface area contributed by atoms with Crippen LogP contribution in [0.1, 0.15) is 60.2 Å². The lowest BCUT2D eigenvalue weighted by molar-refractivity contribution is -0.125. The van der Waals surface area contributed by atoms with Gasteiger partial charge in [0, 0.05) is 51.4 Å². The highest BCUT2D eigenvalue weighted by atomic mass is 32.2. The summed E-state index contributed by atoms with van der Waals surface area (Å²) < 4.78 is 48.3. The number of hydrogen-bond donors (Lipinski definition) is 1. The van der Waals surface area contributed by atoms with Crippen LogP contribution >= 0.6 is 0 Å². The zero-order chi connectivity index (χ0) is 27.7. The topological polar surface area (TPSA) is 98.2 Å². The standard InChI is InChI=1S/C27H45N5O5S/c1-26(2,3)25-29-23-14-22(8-9-24(23)32(25)15-20-10-12-35-13-11-20)30(7)38(33,34)31-16-21(17-31)28-18-36-19-37-27(4,5)6/h8-9,14,20-21,28H,10-13,15-19H2,1-7H3. The number of anilines is 1. The number of rotatable bonds is 10. The molecule has 2 aliphatic heterocycles. The fourth-order valence-electron chi connectivity index (χ4n) is 4.76. The Hall–Kier alpha value is -1.76. The van der Waals surface area contributed by atoms with Crippen molar-refractivity contribution in [3.05, 3.63) is 24.0 Å². The molecule has 0 spiro atoms. The van der Waals surface area contributed by atoms with E-state index in [1.807, 2.05) is 39.0 Å². The van der Waals surface area contributed by atoms with Gasteiger partial charge in [-0.1, -0.05) is 20.8 Å². The Morgan fingerprint density at radius 2 is 1.82 bits per heavy atom. The van der Waals surface area contributed by atoms with E-state index in [4.69, 9.17) is 19.2 Å². The predicted octanol–water partition coefficient (Wildman–Crippen LogP) is 3.46. The number of fused-ring (bicyclic) bond motifs is 1. The van der Waals surface area contributed by atoms with E-state index in [-0.39, 0.29) is 23.9 Å². The molecule has 1 aromatic heterocycles. The molecule has 10 nitrogen and oxygen atoms in total. The maximum atomic E-state index is 13.3. The monoisotopic (exact) mass is 551 g/mol. The number of ether oxygens (including phenoxy) is 3. The summed E-state index contributed by atoms with van der Waals surface area (Å²) in [7, 11) is -2.05. The highest BCUT2D eigenvalue weighted by Crippen LogP contribution is 2.32. The van der Waals surface area contributed by atoms with Gasteiger partial charge in [0.25, 0.3) is 0 Å². The molecule has 38 heavy (non-hydrogen) atoms. The minimum atomic E-state index is -3.65. The summed E-state index contributed by atoms with van der Waals surface area (Å²) in [5.74, 6) is 1.57. The third-order valence-electron chi connectivity index (χ3n) is 7.12. The number of imidazole rings is 1. The van der Waals surface area contributed by atoms with Gasteiger partial charge in [-0.05, 0) is 57.7 Å². The van der Waals surface area contributed by atoms with Crippen molar-refractivity contribution in [1.29, 1.82) is 0 Å². The average molecular weight is 552 g/mol. The molecule has 2 aromatic rings. The number of nitrogens with zero attached hydrogens (tertiary/aromatic N) is 4. The molecule has 0 radical (unpaired) electrons. The van der Waals surface area contributed by atoms with Crippen LogP contribution in [-0.2, 0) is 36.4 Å². The van der Waals surface area contributed by atoms with Crippen molar-refractivity contribution in [3.63, 3.8) is 0 Å². The van der Waals surface area contributed by atoms with Crippen LogP contribution in [0.15, 0.2) is 18.2 Å². The lowest BCUT2D eigenvalue weighted by Gasteiger charge is -2.40. The van der Waals surface area contributed by atoms with E-state index >= 15 is 0 Å². The molecule has 0 atom stereocenters. The van der Waals surface area contributed by atoms with Gasteiger partial charge in [-0.15, -0.1) is 0 Å². The Bertz CT molecular complexity index is 1190. The second-order valence-corrected chi connectivity index (χ2v) is 14.4. The van der Waals surface area contributed by atoms with Crippen molar-refractivity contribution in [2.75, 3.05) is 51.2 Å². The van der Waals surface area contributed by atoms with E-state index in [0.29, 0.717) is 31.4 Å². The van der Waals surface area contributed by atoms with Crippen LogP contribution < -0.4 is 9.62 Å². The maximum Gasteiger partial charge on any atom is 0.303 e. The molecule has 3 heterocycles. The second kappa shape index (κ2) is 11.4. The van der Waals surface area contributed by atoms with E-state index in [1.54, 1.807) is 7.05 Å². The number of nitrogens with one attached hydrogen (secondary N) is 1. The first kappa shape index (κ1) is 29.2. The maximum absolute atomic E-state index is 13.3. The van der Waals surface area contributed by atoms with Crippen molar-refractivity contribution in [2.45, 2.75) is 78.0 Å². The van der Waals surface area contributed by atoms with Crippen molar-refractivity contribution in [3.8, 4) is 0 Å². The van der Waals surface area contributed by atoms with Gasteiger partial charge in [0.05, 0.1) is 29.1 Å². The first-order chi connectivity index (χ1) is 17.8. The van der Waals surface area contributed by atoms with Gasteiger partial charge >= 0.3 is 10.2 Å². The zero-order valence-corrected chi connectivity index (χ0v) is 24.8. The number of aromatic nitrogens is 2. The molecule has 11 heteroatoms. The van der Waals surface area contributed by atoms with Gasteiger partial charge in [0.2, 0.25) is 0 Å². The first-order valence-electron chi connectivity index (χ1n) is 13.5. The summed E-state index contributed by atoms with van der Waals surface area (Å²) in [5, 5.41) is 3.22. The van der Waals surface area contributed by atoms with Crippen molar-refractivity contribution < 1.29 is 22.6 Å². The molecule has 0 bridgehead atoms. The molecular formula is C27H45N5O5S. The quantitative estimate of drug-likeness (QED) is 0.357. The Kier molecular flexibility index (Phi) is 8.76. The molecule has 0 unspecified atom stereocenters. The summed E-state index contributed by atoms with van der Waals surface area (Å²) in [5.41, 5.74) is 2.07. The van der Waals surface area contributed by atoms with Crippen LogP contribution in [0.4, 0.5) is 5.69 Å². The minimum absolute atomic E-state index is 0.0468. The van der Waals surface area contributed by atoms with Gasteiger partial charge in [0.1, 0.15) is 12.6 Å². The Morgan fingerprint density at radius 1 is 1.13 bits per heavy atom. The molecule has 214 valence electrons. The highest BCUT2D eigenvalue weighted by Gasteiger charge is 2.38. The van der Waals surface area contributed by atoms with E-state index in [1.165, 1.54) is 8.61 Å². The Balaban J connectivity index is 1.41. The molecule has 4 rings (SSSR count). The van der Waals surface area contributed by atoms with Gasteiger partial charge in [0.15, 0.2) is 0 Å². The van der Waals surface area contributed by atoms with E-state index < -0.39 is 10.2 Å². The van der Waals surface area contributed by atoms with Crippen LogP contribution in [0.25, 0.3) is 11.0 Å². The molecule has 0 aliphatic carbocycles. The van der Waals surface area contributed by atoms with Crippen LogP contribution in [0.3, 0.4) is 0 Å². The molecular weight excluding hydrogens is 506 g/mol. The summed E-state index contributed by atoms with van der Waals surface area (Å²) >= 11 is 0. The van der Waals surface area contributed by atoms with Crippen molar-refractivity contribution >= 4 is 26.9 Å². The molecule has 2 fully saturated rings. The third kappa shape index (κ3) is 6.86. The molecule has 1 N–H and O–H groups in total. The summed E-state index contributed by atoms with van der Waals surface area (Å²) in [6, 6.07) is 5.83. The van der Waals surface area contributed by atoms with Crippen LogP contribution in [0.2, 0.25) is 0 Å². The normalized spacial score (nSPS) is 18.7. The second-order valence-electron chi connectivity index (χ2n) is 12.4. The smallest absolute Gasteiger partial charge is 0.303 e. The number of hydrogen-bond acceptors (Lipinski definition) is 7. The number of benzene rings is 1. The van der Waals surface area contributed by atoms with E-state index in [2.05, 4.69) is 30.7 Å². The zero-order valence-electron chi connectivity index (χ0n) is 24.0. The van der Waals surface area contributed by atoms with Gasteiger partial charge in [-0.3, -0.25) is 9.62 Å². The van der Waals surface area contributed by atoms with Crippen molar-refractivity contribution in [2.24, 2.45) is 5.92 Å². The lowest BCUT2D eigenvalue weighted by atomic mass is 9.94. The van der Waals surface area contributed by atoms with Crippen LogP contribution in [0.5, 0.6) is 0 Å². The fraction of sp³-hybridized carbons (Fsp3) is 0.741. The predicted molar refractivity (Wildman–Crippen MR) is 149 cm³/mol. The van der Waals surface area contributed by atoms with Crippen molar-refractivity contribution in [1.82, 2.24) is 19.2 Å². The summed E-state index contributed by atoms with van der Waals surface area (Å²) in [4.78, 5) is 4.99. The molecule has 0 saturated carbocycles. The van der Waals surface area contributed by atoms with E-state index in [0.717, 1.165) is 49.5 Å². The highest BCUT2D eigenvalue weighted by molar-refractivity contribution is 7.90. The average Bonchev–Trinajstić information content (AvgIpc) is 3.17. The first-order valence-corrected chi connectivity index (χ1v) is 14.9. The Morgan fingerprint density at radius 3 is 2.45 bits per heavy atom. The summed E-state index contributed by atoms with van der Waals surface area (Å²) in [6.45, 7) is 16.2. The Labute approximate surface area is 227 Å². The van der Waals surface area contributed by atoms with Gasteiger partial charge in [-0.2, -0.15) is 12.7 Å². The molecule has 0 amide bonds. The molecule has 2 saturated heterocycles. The molecule has 2 aliphatic rings.